The third kappa shape index (κ3) is 3.60. The van der Waals surface area contributed by atoms with Crippen molar-refractivity contribution >= 4 is 17.6 Å². The Morgan fingerprint density at radius 2 is 1.58 bits per heavy atom. The summed E-state index contributed by atoms with van der Waals surface area (Å²) in [6, 6.07) is 6.53. The third-order valence-electron chi connectivity index (χ3n) is 5.91. The molecular weight excluding hydrogens is 472 g/mol. The van der Waals surface area contributed by atoms with Gasteiger partial charge in [0.05, 0.1) is 35.0 Å². The summed E-state index contributed by atoms with van der Waals surface area (Å²) in [7, 11) is 0. The van der Waals surface area contributed by atoms with Crippen LogP contribution >= 0.6 is 0 Å². The third-order valence-corrected chi connectivity index (χ3v) is 5.91. The summed E-state index contributed by atoms with van der Waals surface area (Å²) in [5, 5.41) is 19.3. The van der Waals surface area contributed by atoms with Crippen molar-refractivity contribution in [2.24, 2.45) is 0 Å². The van der Waals surface area contributed by atoms with Crippen molar-refractivity contribution < 1.29 is 9.90 Å². The number of hydrogen-bond acceptors (Lipinski definition) is 8. The van der Waals surface area contributed by atoms with E-state index in [0.29, 0.717) is 16.8 Å². The Morgan fingerprint density at radius 3 is 2.06 bits per heavy atom. The molecule has 1 aliphatic rings. The largest absolute Gasteiger partial charge is 0.480 e. The quantitative estimate of drug-likeness (QED) is 0.210. The normalized spacial score (nSPS) is 13.5. The zero-order valence-corrected chi connectivity index (χ0v) is 18.2. The first-order chi connectivity index (χ1) is 17.3. The minimum Gasteiger partial charge on any atom is -0.480 e. The number of H-pyrrole nitrogens is 5. The number of nitrogens with zero attached hydrogens (tertiary/aromatic N) is 3. The number of nitrogens with one attached hydrogen (secondary N) is 5. The molecule has 1 atom stereocenters. The highest BCUT2D eigenvalue weighted by molar-refractivity contribution is 5.85. The minimum absolute atomic E-state index is 0.111. The van der Waals surface area contributed by atoms with Crippen LogP contribution in [0.2, 0.25) is 0 Å². The molecular formula is C22H16N8O6. The van der Waals surface area contributed by atoms with Gasteiger partial charge in [-0.25, -0.2) is 19.4 Å². The fourth-order valence-corrected chi connectivity index (χ4v) is 4.43. The van der Waals surface area contributed by atoms with E-state index in [0.717, 1.165) is 4.90 Å². The summed E-state index contributed by atoms with van der Waals surface area (Å²) in [6.45, 7) is 0. The van der Waals surface area contributed by atoms with Gasteiger partial charge in [0.15, 0.2) is 0 Å². The summed E-state index contributed by atoms with van der Waals surface area (Å²) >= 11 is 0. The summed E-state index contributed by atoms with van der Waals surface area (Å²) in [6.07, 6.45) is 2.58. The van der Waals surface area contributed by atoms with Crippen LogP contribution in [0, 0.1) is 11.3 Å². The molecule has 3 aromatic heterocycles. The second kappa shape index (κ2) is 8.40. The van der Waals surface area contributed by atoms with Crippen molar-refractivity contribution in [2.45, 2.75) is 18.4 Å². The zero-order chi connectivity index (χ0) is 25.6. The van der Waals surface area contributed by atoms with Crippen LogP contribution in [0.5, 0.6) is 0 Å². The standard InChI is InChI=1S/C22H16N8O6/c23-6-9-1-3-10(4-2-9)13-14-16(26-21(35)28-18(14)31)30(17-15(13)19(32)29-22(36)27-17)12(20(33)34)5-11-7-24-8-25-11/h1-4,7-8,12-13H,5H2,(H,24,25)(H,33,34)(H2,26,28,31,35)(H2,27,29,32,36). The summed E-state index contributed by atoms with van der Waals surface area (Å²) < 4.78 is 0. The van der Waals surface area contributed by atoms with Gasteiger partial charge in [-0.3, -0.25) is 34.4 Å². The Balaban J connectivity index is 1.85. The number of imidazole rings is 1. The average Bonchev–Trinajstić information content (AvgIpc) is 3.35. The molecule has 6 N–H and O–H groups in total. The number of rotatable bonds is 5. The molecule has 1 aliphatic heterocycles. The van der Waals surface area contributed by atoms with E-state index in [4.69, 9.17) is 5.26 Å². The van der Waals surface area contributed by atoms with Crippen LogP contribution in [0.1, 0.15) is 33.9 Å². The lowest BCUT2D eigenvalue weighted by Crippen LogP contribution is -2.49. The van der Waals surface area contributed by atoms with Gasteiger partial charge in [-0.15, -0.1) is 0 Å². The van der Waals surface area contributed by atoms with Gasteiger partial charge in [-0.05, 0) is 17.7 Å². The number of carboxylic acids is 1. The topological polar surface area (TPSA) is 224 Å². The molecule has 0 radical (unpaired) electrons. The molecule has 180 valence electrons. The molecule has 0 saturated carbocycles. The lowest BCUT2D eigenvalue weighted by Gasteiger charge is -2.38. The molecule has 0 spiro atoms. The van der Waals surface area contributed by atoms with E-state index in [2.05, 4.69) is 29.9 Å². The van der Waals surface area contributed by atoms with E-state index in [9.17, 15) is 29.1 Å². The molecule has 0 amide bonds. The fraction of sp³-hybridized carbons (Fsp3) is 0.136. The first-order valence-corrected chi connectivity index (χ1v) is 10.5. The highest BCUT2D eigenvalue weighted by Gasteiger charge is 2.42. The van der Waals surface area contributed by atoms with Crippen LogP contribution < -0.4 is 27.4 Å². The first-order valence-electron chi connectivity index (χ1n) is 10.5. The van der Waals surface area contributed by atoms with Crippen LogP contribution in [-0.4, -0.2) is 47.0 Å². The van der Waals surface area contributed by atoms with Crippen molar-refractivity contribution in [3.8, 4) is 6.07 Å². The van der Waals surface area contributed by atoms with Crippen molar-refractivity contribution in [3.05, 3.63) is 106 Å². The Kier molecular flexibility index (Phi) is 5.21. The fourth-order valence-electron chi connectivity index (χ4n) is 4.43. The van der Waals surface area contributed by atoms with Gasteiger partial charge in [-0.1, -0.05) is 12.1 Å². The van der Waals surface area contributed by atoms with Gasteiger partial charge < -0.3 is 10.1 Å². The van der Waals surface area contributed by atoms with Crippen molar-refractivity contribution in [2.75, 3.05) is 4.90 Å². The average molecular weight is 488 g/mol. The second-order valence-corrected chi connectivity index (χ2v) is 8.01. The van der Waals surface area contributed by atoms with Crippen LogP contribution in [0.3, 0.4) is 0 Å². The van der Waals surface area contributed by atoms with Crippen LogP contribution in [-0.2, 0) is 11.2 Å². The summed E-state index contributed by atoms with van der Waals surface area (Å²) in [5.74, 6) is -2.86. The van der Waals surface area contributed by atoms with Crippen molar-refractivity contribution in [1.29, 1.82) is 5.26 Å². The van der Waals surface area contributed by atoms with Gasteiger partial charge in [0, 0.05) is 18.3 Å². The van der Waals surface area contributed by atoms with Crippen molar-refractivity contribution in [1.82, 2.24) is 29.9 Å². The number of fused-ring (bicyclic) bond motifs is 2. The Labute approximate surface area is 198 Å². The molecule has 0 saturated heterocycles. The number of aliphatic carboxylic acids is 1. The molecule has 0 fully saturated rings. The highest BCUT2D eigenvalue weighted by atomic mass is 16.4. The lowest BCUT2D eigenvalue weighted by molar-refractivity contribution is -0.138. The number of aromatic amines is 5. The van der Waals surface area contributed by atoms with Gasteiger partial charge in [-0.2, -0.15) is 5.26 Å². The van der Waals surface area contributed by atoms with Crippen LogP contribution in [0.25, 0.3) is 0 Å². The molecule has 4 heterocycles. The number of nitriles is 1. The lowest BCUT2D eigenvalue weighted by atomic mass is 9.83. The predicted octanol–water partition coefficient (Wildman–Crippen LogP) is -0.638. The van der Waals surface area contributed by atoms with Gasteiger partial charge in [0.2, 0.25) is 0 Å². The van der Waals surface area contributed by atoms with E-state index in [1.165, 1.54) is 36.8 Å². The number of carbonyl (C=O) groups is 1. The Hall–Kier alpha value is -5.45. The van der Waals surface area contributed by atoms with E-state index in [-0.39, 0.29) is 29.2 Å². The SMILES string of the molecule is N#Cc1ccc(C2c3c([nH]c(=O)[nH]c3=O)N(C(Cc3cnc[nH]3)C(=O)O)c3[nH]c(=O)[nH]c(=O)c32)cc1. The minimum atomic E-state index is -1.47. The van der Waals surface area contributed by atoms with E-state index < -0.39 is 40.4 Å². The molecule has 0 bridgehead atoms. The maximum Gasteiger partial charge on any atom is 0.327 e. The van der Waals surface area contributed by atoms with Crippen molar-refractivity contribution in [3.63, 3.8) is 0 Å². The van der Waals surface area contributed by atoms with Crippen LogP contribution in [0.15, 0.2) is 56.0 Å². The number of hydrogen-bond donors (Lipinski definition) is 6. The predicted molar refractivity (Wildman–Crippen MR) is 123 cm³/mol. The van der Waals surface area contributed by atoms with Gasteiger partial charge in [0.1, 0.15) is 17.7 Å². The molecule has 14 nitrogen and oxygen atoms in total. The molecule has 36 heavy (non-hydrogen) atoms. The molecule has 4 aromatic rings. The highest BCUT2D eigenvalue weighted by Crippen LogP contribution is 2.44. The summed E-state index contributed by atoms with van der Waals surface area (Å²) in [5.41, 5.74) is -2.61. The molecule has 14 heteroatoms. The number of carboxylic acid groups (broad SMARTS) is 1. The first kappa shape index (κ1) is 22.3. The van der Waals surface area contributed by atoms with E-state index >= 15 is 0 Å². The maximum atomic E-state index is 13.1. The van der Waals surface area contributed by atoms with Gasteiger partial charge >= 0.3 is 17.3 Å². The number of benzene rings is 1. The van der Waals surface area contributed by atoms with Gasteiger partial charge in [0.25, 0.3) is 11.1 Å². The number of anilines is 2. The monoisotopic (exact) mass is 488 g/mol. The van der Waals surface area contributed by atoms with Crippen LogP contribution in [0.4, 0.5) is 11.6 Å². The van der Waals surface area contributed by atoms with E-state index in [1.807, 2.05) is 6.07 Å². The molecule has 5 rings (SSSR count). The zero-order valence-electron chi connectivity index (χ0n) is 18.2. The second-order valence-electron chi connectivity index (χ2n) is 8.01. The maximum absolute atomic E-state index is 13.1. The Bertz CT molecular complexity index is 1680. The molecule has 1 unspecified atom stereocenters. The van der Waals surface area contributed by atoms with E-state index in [1.54, 1.807) is 0 Å². The Morgan fingerprint density at radius 1 is 1.00 bits per heavy atom. The smallest absolute Gasteiger partial charge is 0.327 e. The molecule has 0 aliphatic carbocycles. The molecule has 1 aromatic carbocycles. The number of aromatic nitrogens is 6. The summed E-state index contributed by atoms with van der Waals surface area (Å²) in [4.78, 5) is 80.3.